The summed E-state index contributed by atoms with van der Waals surface area (Å²) in [6.07, 6.45) is 5.71. The van der Waals surface area contributed by atoms with Gasteiger partial charge in [-0.15, -0.1) is 0 Å². The SMILES string of the molecule is O=C(O)C(=O)O.O=C1CCCN1CC#CCN1CCCCC1. The fourth-order valence-corrected chi connectivity index (χ4v) is 2.31. The van der Waals surface area contributed by atoms with Crippen molar-refractivity contribution in [3.63, 3.8) is 0 Å². The molecule has 7 nitrogen and oxygen atoms in total. The largest absolute Gasteiger partial charge is 0.473 e. The quantitative estimate of drug-likeness (QED) is 0.560. The van der Waals surface area contributed by atoms with Crippen molar-refractivity contribution in [2.24, 2.45) is 0 Å². The van der Waals surface area contributed by atoms with Crippen molar-refractivity contribution < 1.29 is 24.6 Å². The minimum atomic E-state index is -1.82. The first-order valence-corrected chi connectivity index (χ1v) is 7.42. The van der Waals surface area contributed by atoms with Gasteiger partial charge < -0.3 is 15.1 Å². The summed E-state index contributed by atoms with van der Waals surface area (Å²) in [5.41, 5.74) is 0. The maximum atomic E-state index is 11.3. The maximum absolute atomic E-state index is 11.3. The number of amides is 1. The van der Waals surface area contributed by atoms with Crippen molar-refractivity contribution in [2.75, 3.05) is 32.7 Å². The van der Waals surface area contributed by atoms with Crippen molar-refractivity contribution in [3.8, 4) is 11.8 Å². The Bertz CT molecular complexity index is 448. The summed E-state index contributed by atoms with van der Waals surface area (Å²) >= 11 is 0. The van der Waals surface area contributed by atoms with Crippen LogP contribution in [0.15, 0.2) is 0 Å². The molecule has 2 aliphatic rings. The molecule has 0 atom stereocenters. The highest BCUT2D eigenvalue weighted by molar-refractivity contribution is 6.27. The van der Waals surface area contributed by atoms with E-state index in [1.54, 1.807) is 0 Å². The standard InChI is InChI=1S/C13H20N2O.C2H2O4/c16-13-7-6-12-15(13)11-5-4-10-14-8-2-1-3-9-14;3-1(4)2(5)6/h1-3,6-12H2;(H,3,4)(H,5,6). The monoisotopic (exact) mass is 310 g/mol. The third kappa shape index (κ3) is 7.09. The number of carboxylic acid groups (broad SMARTS) is 2. The molecule has 1 amide bonds. The molecule has 0 bridgehead atoms. The number of carbonyl (C=O) groups excluding carboxylic acids is 1. The van der Waals surface area contributed by atoms with Crippen LogP contribution in [0.3, 0.4) is 0 Å². The topological polar surface area (TPSA) is 98.1 Å². The van der Waals surface area contributed by atoms with E-state index >= 15 is 0 Å². The number of hydrogen-bond donors (Lipinski definition) is 2. The van der Waals surface area contributed by atoms with Gasteiger partial charge in [-0.25, -0.2) is 9.59 Å². The van der Waals surface area contributed by atoms with E-state index in [1.807, 2.05) is 4.90 Å². The number of carbonyl (C=O) groups is 3. The van der Waals surface area contributed by atoms with Gasteiger partial charge in [0.05, 0.1) is 13.1 Å². The van der Waals surface area contributed by atoms with Crippen molar-refractivity contribution >= 4 is 17.8 Å². The lowest BCUT2D eigenvalue weighted by molar-refractivity contribution is -0.159. The first-order valence-electron chi connectivity index (χ1n) is 7.42. The first kappa shape index (κ1) is 18.0. The molecule has 2 N–H and O–H groups in total. The van der Waals surface area contributed by atoms with Crippen LogP contribution in [0.1, 0.15) is 32.1 Å². The third-order valence-electron chi connectivity index (χ3n) is 3.50. The normalized spacial score (nSPS) is 18.0. The molecular formula is C15H22N2O5. The van der Waals surface area contributed by atoms with E-state index in [0.29, 0.717) is 13.0 Å². The lowest BCUT2D eigenvalue weighted by Gasteiger charge is -2.23. The van der Waals surface area contributed by atoms with Crippen LogP contribution in [0, 0.1) is 11.8 Å². The minimum absolute atomic E-state index is 0.271. The summed E-state index contributed by atoms with van der Waals surface area (Å²) in [5, 5.41) is 14.8. The van der Waals surface area contributed by atoms with Crippen molar-refractivity contribution in [3.05, 3.63) is 0 Å². The third-order valence-corrected chi connectivity index (χ3v) is 3.50. The fraction of sp³-hybridized carbons (Fsp3) is 0.667. The molecule has 2 aliphatic heterocycles. The van der Waals surface area contributed by atoms with E-state index in [0.717, 1.165) is 19.5 Å². The Balaban J connectivity index is 0.000000346. The average molecular weight is 310 g/mol. The van der Waals surface area contributed by atoms with Crippen LogP contribution in [0.4, 0.5) is 0 Å². The number of piperidine rings is 1. The Labute approximate surface area is 129 Å². The van der Waals surface area contributed by atoms with Gasteiger partial charge in [-0.2, -0.15) is 0 Å². The molecule has 2 saturated heterocycles. The van der Waals surface area contributed by atoms with Gasteiger partial charge in [-0.05, 0) is 32.4 Å². The molecular weight excluding hydrogens is 288 g/mol. The van der Waals surface area contributed by atoms with Crippen LogP contribution in [0.5, 0.6) is 0 Å². The Morgan fingerprint density at radius 3 is 2.00 bits per heavy atom. The zero-order chi connectivity index (χ0) is 16.4. The van der Waals surface area contributed by atoms with Crippen LogP contribution < -0.4 is 0 Å². The molecule has 0 saturated carbocycles. The maximum Gasteiger partial charge on any atom is 0.414 e. The molecule has 0 aliphatic carbocycles. The number of aliphatic carboxylic acids is 2. The smallest absolute Gasteiger partial charge is 0.414 e. The summed E-state index contributed by atoms with van der Waals surface area (Å²) in [4.78, 5) is 33.8. The van der Waals surface area contributed by atoms with Gasteiger partial charge >= 0.3 is 11.9 Å². The predicted octanol–water partition coefficient (Wildman–Crippen LogP) is 0.254. The van der Waals surface area contributed by atoms with E-state index < -0.39 is 11.9 Å². The van der Waals surface area contributed by atoms with Gasteiger partial charge in [0, 0.05) is 13.0 Å². The Morgan fingerprint density at radius 1 is 0.909 bits per heavy atom. The van der Waals surface area contributed by atoms with E-state index in [2.05, 4.69) is 16.7 Å². The van der Waals surface area contributed by atoms with E-state index in [-0.39, 0.29) is 5.91 Å². The van der Waals surface area contributed by atoms with Crippen molar-refractivity contribution in [1.82, 2.24) is 9.80 Å². The lowest BCUT2D eigenvalue weighted by atomic mass is 10.1. The number of nitrogens with zero attached hydrogens (tertiary/aromatic N) is 2. The Hall–Kier alpha value is -2.07. The minimum Gasteiger partial charge on any atom is -0.473 e. The highest BCUT2D eigenvalue weighted by atomic mass is 16.4. The molecule has 0 spiro atoms. The summed E-state index contributed by atoms with van der Waals surface area (Å²) in [6, 6.07) is 0. The van der Waals surface area contributed by atoms with E-state index in [4.69, 9.17) is 19.8 Å². The zero-order valence-electron chi connectivity index (χ0n) is 12.6. The van der Waals surface area contributed by atoms with Crippen LogP contribution in [0.2, 0.25) is 0 Å². The van der Waals surface area contributed by atoms with Crippen LogP contribution >= 0.6 is 0 Å². The second-order valence-corrected chi connectivity index (χ2v) is 5.22. The summed E-state index contributed by atoms with van der Waals surface area (Å²) in [6.45, 7) is 4.79. The molecule has 2 heterocycles. The van der Waals surface area contributed by atoms with Gasteiger partial charge in [0.1, 0.15) is 0 Å². The van der Waals surface area contributed by atoms with Gasteiger partial charge in [0.25, 0.3) is 0 Å². The highest BCUT2D eigenvalue weighted by Crippen LogP contribution is 2.08. The number of likely N-dealkylation sites (tertiary alicyclic amines) is 2. The number of hydrogen-bond acceptors (Lipinski definition) is 4. The molecule has 122 valence electrons. The molecule has 2 fully saturated rings. The average Bonchev–Trinajstić information content (AvgIpc) is 2.91. The molecule has 0 radical (unpaired) electrons. The highest BCUT2D eigenvalue weighted by Gasteiger charge is 2.18. The van der Waals surface area contributed by atoms with Crippen LogP contribution in [-0.4, -0.2) is 70.6 Å². The molecule has 0 unspecified atom stereocenters. The first-order chi connectivity index (χ1) is 10.5. The van der Waals surface area contributed by atoms with Crippen molar-refractivity contribution in [1.29, 1.82) is 0 Å². The molecule has 22 heavy (non-hydrogen) atoms. The summed E-state index contributed by atoms with van der Waals surface area (Å²) in [7, 11) is 0. The Morgan fingerprint density at radius 2 is 1.50 bits per heavy atom. The molecule has 0 aromatic carbocycles. The molecule has 7 heteroatoms. The Kier molecular flexibility index (Phi) is 8.00. The molecule has 2 rings (SSSR count). The predicted molar refractivity (Wildman–Crippen MR) is 79.2 cm³/mol. The lowest BCUT2D eigenvalue weighted by Crippen LogP contribution is -2.30. The van der Waals surface area contributed by atoms with Gasteiger partial charge in [-0.1, -0.05) is 18.3 Å². The van der Waals surface area contributed by atoms with E-state index in [9.17, 15) is 4.79 Å². The van der Waals surface area contributed by atoms with Crippen molar-refractivity contribution in [2.45, 2.75) is 32.1 Å². The second kappa shape index (κ2) is 9.79. The van der Waals surface area contributed by atoms with Crippen LogP contribution in [0.25, 0.3) is 0 Å². The van der Waals surface area contributed by atoms with Crippen LogP contribution in [-0.2, 0) is 14.4 Å². The molecule has 0 aromatic heterocycles. The van der Waals surface area contributed by atoms with Gasteiger partial charge in [0.2, 0.25) is 5.91 Å². The number of carboxylic acids is 2. The van der Waals surface area contributed by atoms with Gasteiger partial charge in [0.15, 0.2) is 0 Å². The zero-order valence-corrected chi connectivity index (χ0v) is 12.6. The summed E-state index contributed by atoms with van der Waals surface area (Å²) in [5.74, 6) is 2.93. The van der Waals surface area contributed by atoms with E-state index in [1.165, 1.54) is 32.4 Å². The van der Waals surface area contributed by atoms with Gasteiger partial charge in [-0.3, -0.25) is 9.69 Å². The second-order valence-electron chi connectivity index (χ2n) is 5.22. The number of rotatable bonds is 2. The fourth-order valence-electron chi connectivity index (χ4n) is 2.31. The molecule has 0 aromatic rings. The summed E-state index contributed by atoms with van der Waals surface area (Å²) < 4.78 is 0.